The molecule has 0 radical (unpaired) electrons. The first-order valence-electron chi connectivity index (χ1n) is 9.55. The van der Waals surface area contributed by atoms with Crippen LogP contribution in [-0.4, -0.2) is 27.8 Å². The van der Waals surface area contributed by atoms with Crippen LogP contribution in [0.4, 0.5) is 5.69 Å². The molecule has 0 saturated heterocycles. The van der Waals surface area contributed by atoms with Gasteiger partial charge in [0.05, 0.1) is 10.5 Å². The Bertz CT molecular complexity index is 1350. The fraction of sp³-hybridized carbons (Fsp3) is 0.130. The maximum Gasteiger partial charge on any atom is 0.269 e. The molecule has 2 heterocycles. The molecular weight excluding hydrogens is 398 g/mol. The monoisotopic (exact) mass is 417 g/mol. The Hall–Kier alpha value is -4.20. The molecule has 31 heavy (non-hydrogen) atoms. The Kier molecular flexibility index (Phi) is 5.12. The van der Waals surface area contributed by atoms with Gasteiger partial charge in [-0.2, -0.15) is 0 Å². The molecule has 8 nitrogen and oxygen atoms in total. The van der Waals surface area contributed by atoms with Crippen molar-refractivity contribution in [1.82, 2.24) is 9.88 Å². The summed E-state index contributed by atoms with van der Waals surface area (Å²) in [5.74, 6) is 0.644. The van der Waals surface area contributed by atoms with E-state index >= 15 is 0 Å². The average molecular weight is 417 g/mol. The van der Waals surface area contributed by atoms with Crippen molar-refractivity contribution >= 4 is 22.5 Å². The lowest BCUT2D eigenvalue weighted by Gasteiger charge is -2.18. The van der Waals surface area contributed by atoms with Crippen molar-refractivity contribution in [1.29, 1.82) is 0 Å². The number of nitrogens with one attached hydrogen (secondary N) is 1. The van der Waals surface area contributed by atoms with E-state index in [1.807, 2.05) is 24.3 Å². The first-order chi connectivity index (χ1) is 14.8. The molecular formula is C23H19N3O5. The number of amides is 1. The van der Waals surface area contributed by atoms with E-state index in [-0.39, 0.29) is 23.7 Å². The largest absolute Gasteiger partial charge is 0.461 e. The number of non-ortho nitro benzene ring substituents is 1. The minimum absolute atomic E-state index is 0.0202. The van der Waals surface area contributed by atoms with Crippen LogP contribution < -0.4 is 5.56 Å². The highest BCUT2D eigenvalue weighted by Crippen LogP contribution is 2.28. The van der Waals surface area contributed by atoms with Crippen LogP contribution in [0.25, 0.3) is 22.2 Å². The minimum atomic E-state index is -0.473. The number of nitro groups is 1. The number of nitro benzene ring substituents is 1. The summed E-state index contributed by atoms with van der Waals surface area (Å²) < 4.78 is 5.74. The zero-order valence-electron chi connectivity index (χ0n) is 16.9. The molecule has 156 valence electrons. The first kappa shape index (κ1) is 20.1. The Morgan fingerprint density at radius 3 is 2.55 bits per heavy atom. The summed E-state index contributed by atoms with van der Waals surface area (Å²) >= 11 is 0. The number of pyridine rings is 1. The van der Waals surface area contributed by atoms with Gasteiger partial charge in [-0.05, 0) is 36.8 Å². The van der Waals surface area contributed by atoms with E-state index in [9.17, 15) is 19.7 Å². The molecule has 1 amide bonds. The molecule has 0 aliphatic carbocycles. The lowest BCUT2D eigenvalue weighted by atomic mass is 10.1. The number of aromatic amines is 1. The van der Waals surface area contributed by atoms with Gasteiger partial charge in [0.1, 0.15) is 11.5 Å². The van der Waals surface area contributed by atoms with Crippen molar-refractivity contribution in [2.75, 3.05) is 7.05 Å². The molecule has 1 N–H and O–H groups in total. The zero-order chi connectivity index (χ0) is 22.1. The van der Waals surface area contributed by atoms with Crippen LogP contribution in [0.3, 0.4) is 0 Å². The van der Waals surface area contributed by atoms with E-state index in [4.69, 9.17) is 4.42 Å². The van der Waals surface area contributed by atoms with E-state index in [0.29, 0.717) is 28.2 Å². The summed E-state index contributed by atoms with van der Waals surface area (Å²) in [6.45, 7) is 1.94. The van der Waals surface area contributed by atoms with E-state index in [1.54, 1.807) is 32.2 Å². The summed E-state index contributed by atoms with van der Waals surface area (Å²) in [5, 5.41) is 11.7. The maximum atomic E-state index is 13.1. The molecule has 0 unspecified atom stereocenters. The lowest BCUT2D eigenvalue weighted by molar-refractivity contribution is -0.384. The smallest absolute Gasteiger partial charge is 0.269 e. The predicted octanol–water partition coefficient (Wildman–Crippen LogP) is 4.28. The second kappa shape index (κ2) is 7.91. The predicted molar refractivity (Wildman–Crippen MR) is 116 cm³/mol. The fourth-order valence-electron chi connectivity index (χ4n) is 3.52. The van der Waals surface area contributed by atoms with Crippen molar-refractivity contribution in [2.24, 2.45) is 0 Å². The number of hydrogen-bond acceptors (Lipinski definition) is 5. The lowest BCUT2D eigenvalue weighted by Crippen LogP contribution is -2.27. The summed E-state index contributed by atoms with van der Waals surface area (Å²) in [7, 11) is 1.66. The number of aryl methyl sites for hydroxylation is 1. The van der Waals surface area contributed by atoms with Gasteiger partial charge in [0.2, 0.25) is 5.56 Å². The normalized spacial score (nSPS) is 10.9. The number of benzene rings is 2. The number of carbonyl (C=O) groups excluding carboxylic acids is 1. The maximum absolute atomic E-state index is 13.1. The van der Waals surface area contributed by atoms with Gasteiger partial charge in [-0.1, -0.05) is 18.2 Å². The van der Waals surface area contributed by atoms with Crippen LogP contribution in [-0.2, 0) is 6.54 Å². The van der Waals surface area contributed by atoms with Gasteiger partial charge < -0.3 is 14.3 Å². The molecule has 8 heteroatoms. The van der Waals surface area contributed by atoms with Gasteiger partial charge in [-0.3, -0.25) is 19.7 Å². The summed E-state index contributed by atoms with van der Waals surface area (Å²) in [5.41, 5.74) is 2.24. The second-order valence-corrected chi connectivity index (χ2v) is 7.25. The molecule has 0 bridgehead atoms. The minimum Gasteiger partial charge on any atom is -0.461 e. The van der Waals surface area contributed by atoms with Crippen molar-refractivity contribution in [3.05, 3.63) is 98.0 Å². The van der Waals surface area contributed by atoms with E-state index < -0.39 is 4.92 Å². The van der Waals surface area contributed by atoms with Gasteiger partial charge in [0.25, 0.3) is 11.6 Å². The Morgan fingerprint density at radius 1 is 1.13 bits per heavy atom. The SMILES string of the molecule is Cc1oc(-c2ccc([N+](=O)[O-])cc2)cc1C(=O)N(C)Cc1cc(=O)[nH]c2ccccc12. The van der Waals surface area contributed by atoms with Crippen LogP contribution in [0.2, 0.25) is 0 Å². The summed E-state index contributed by atoms with van der Waals surface area (Å²) in [6, 6.07) is 16.5. The van der Waals surface area contributed by atoms with Crippen LogP contribution >= 0.6 is 0 Å². The molecule has 4 rings (SSSR count). The van der Waals surface area contributed by atoms with Gasteiger partial charge in [-0.25, -0.2) is 0 Å². The number of furan rings is 1. The van der Waals surface area contributed by atoms with Crippen molar-refractivity contribution in [3.8, 4) is 11.3 Å². The Balaban J connectivity index is 1.60. The number of fused-ring (bicyclic) bond motifs is 1. The molecule has 4 aromatic rings. The van der Waals surface area contributed by atoms with Crippen LogP contribution in [0, 0.1) is 17.0 Å². The molecule has 0 atom stereocenters. The van der Waals surface area contributed by atoms with Crippen LogP contribution in [0.1, 0.15) is 21.7 Å². The summed E-state index contributed by atoms with van der Waals surface area (Å²) in [6.07, 6.45) is 0. The number of carbonyl (C=O) groups is 1. The number of aromatic nitrogens is 1. The van der Waals surface area contributed by atoms with Gasteiger partial charge >= 0.3 is 0 Å². The molecule has 0 spiro atoms. The third kappa shape index (κ3) is 3.95. The van der Waals surface area contributed by atoms with Crippen molar-refractivity contribution in [2.45, 2.75) is 13.5 Å². The van der Waals surface area contributed by atoms with Gasteiger partial charge in [-0.15, -0.1) is 0 Å². The molecule has 0 saturated carbocycles. The number of rotatable bonds is 5. The van der Waals surface area contributed by atoms with Crippen molar-refractivity contribution < 1.29 is 14.1 Å². The highest BCUT2D eigenvalue weighted by molar-refractivity contribution is 5.96. The van der Waals surface area contributed by atoms with Gasteiger partial charge in [0.15, 0.2) is 0 Å². The van der Waals surface area contributed by atoms with E-state index in [0.717, 1.165) is 10.9 Å². The number of para-hydroxylation sites is 1. The van der Waals surface area contributed by atoms with Gasteiger partial charge in [0, 0.05) is 48.3 Å². The molecule has 2 aromatic carbocycles. The third-order valence-electron chi connectivity index (χ3n) is 5.10. The van der Waals surface area contributed by atoms with Crippen LogP contribution in [0.15, 0.2) is 69.9 Å². The van der Waals surface area contributed by atoms with E-state index in [1.165, 1.54) is 23.1 Å². The number of nitrogens with zero attached hydrogens (tertiary/aromatic N) is 2. The summed E-state index contributed by atoms with van der Waals surface area (Å²) in [4.78, 5) is 39.7. The molecule has 0 aliphatic rings. The Morgan fingerprint density at radius 2 is 1.84 bits per heavy atom. The number of hydrogen-bond donors (Lipinski definition) is 1. The topological polar surface area (TPSA) is 109 Å². The second-order valence-electron chi connectivity index (χ2n) is 7.25. The van der Waals surface area contributed by atoms with Crippen molar-refractivity contribution in [3.63, 3.8) is 0 Å². The Labute approximate surface area is 176 Å². The van der Waals surface area contributed by atoms with E-state index in [2.05, 4.69) is 4.98 Å². The zero-order valence-corrected chi connectivity index (χ0v) is 16.9. The number of H-pyrrole nitrogens is 1. The third-order valence-corrected chi connectivity index (χ3v) is 5.10. The standard InChI is InChI=1S/C23H19N3O5/c1-14-19(12-21(31-14)15-7-9-17(10-8-15)26(29)30)23(28)25(2)13-16-11-22(27)24-20-6-4-3-5-18(16)20/h3-12H,13H2,1-2H3,(H,24,27). The molecule has 0 aliphatic heterocycles. The fourth-order valence-corrected chi connectivity index (χ4v) is 3.52. The molecule has 0 fully saturated rings. The first-order valence-corrected chi connectivity index (χ1v) is 9.55. The van der Waals surface area contributed by atoms with Crippen LogP contribution in [0.5, 0.6) is 0 Å². The highest BCUT2D eigenvalue weighted by Gasteiger charge is 2.20. The molecule has 2 aromatic heterocycles. The quantitative estimate of drug-likeness (QED) is 0.385. The average Bonchev–Trinajstić information content (AvgIpc) is 3.14. The highest BCUT2D eigenvalue weighted by atomic mass is 16.6.